The summed E-state index contributed by atoms with van der Waals surface area (Å²) in [4.78, 5) is 12.3. The lowest BCUT2D eigenvalue weighted by molar-refractivity contribution is -0.120. The van der Waals surface area contributed by atoms with Crippen LogP contribution in [0.1, 0.15) is 22.4 Å². The highest BCUT2D eigenvalue weighted by Gasteiger charge is 2.15. The van der Waals surface area contributed by atoms with Crippen molar-refractivity contribution in [2.24, 2.45) is 5.14 Å². The molecule has 136 valence electrons. The maximum absolute atomic E-state index is 12.2. The molecule has 0 radical (unpaired) electrons. The Labute approximate surface area is 151 Å². The van der Waals surface area contributed by atoms with E-state index < -0.39 is 10.0 Å². The molecule has 0 saturated carbocycles. The molecule has 0 saturated heterocycles. The molecule has 1 aromatic heterocycles. The number of rotatable bonds is 5. The first-order valence-corrected chi connectivity index (χ1v) is 9.52. The molecule has 0 unspecified atom stereocenters. The second-order valence-electron chi connectivity index (χ2n) is 6.23. The zero-order chi connectivity index (χ0) is 18.9. The molecular weight excluding hydrogens is 354 g/mol. The number of aromatic nitrogens is 1. The molecule has 1 heterocycles. The van der Waals surface area contributed by atoms with Crippen molar-refractivity contribution >= 4 is 26.9 Å². The minimum Gasteiger partial charge on any atom is -0.356 e. The number of sulfonamides is 1. The summed E-state index contributed by atoms with van der Waals surface area (Å²) in [6, 6.07) is 9.95. The molecule has 3 aromatic rings. The zero-order valence-corrected chi connectivity index (χ0v) is 15.3. The molecule has 0 aliphatic carbocycles. The lowest BCUT2D eigenvalue weighted by Crippen LogP contribution is -2.24. The summed E-state index contributed by atoms with van der Waals surface area (Å²) in [5, 5.41) is 12.7. The smallest absolute Gasteiger partial charge is 0.238 e. The van der Waals surface area contributed by atoms with Crippen molar-refractivity contribution in [2.45, 2.75) is 31.7 Å². The molecule has 0 aliphatic heterocycles. The van der Waals surface area contributed by atoms with Gasteiger partial charge in [-0.2, -0.15) is 0 Å². The molecular formula is C18H19N3O4S. The predicted molar refractivity (Wildman–Crippen MR) is 96.8 cm³/mol. The Balaban J connectivity index is 1.66. The van der Waals surface area contributed by atoms with E-state index in [1.165, 1.54) is 12.1 Å². The maximum atomic E-state index is 12.2. The fraction of sp³-hybridized carbons (Fsp3) is 0.222. The van der Waals surface area contributed by atoms with Gasteiger partial charge in [0.05, 0.1) is 11.3 Å². The monoisotopic (exact) mass is 373 g/mol. The van der Waals surface area contributed by atoms with E-state index in [-0.39, 0.29) is 23.8 Å². The second-order valence-corrected chi connectivity index (χ2v) is 7.79. The van der Waals surface area contributed by atoms with E-state index in [1.807, 2.05) is 26.0 Å². The number of fused-ring (bicyclic) bond motifs is 1. The van der Waals surface area contributed by atoms with Crippen LogP contribution in [0.5, 0.6) is 0 Å². The molecule has 8 heteroatoms. The fourth-order valence-electron chi connectivity index (χ4n) is 2.85. The van der Waals surface area contributed by atoms with Crippen LogP contribution in [0.4, 0.5) is 0 Å². The number of benzene rings is 2. The van der Waals surface area contributed by atoms with Crippen LogP contribution in [-0.4, -0.2) is 19.5 Å². The van der Waals surface area contributed by atoms with E-state index >= 15 is 0 Å². The Morgan fingerprint density at radius 2 is 1.88 bits per heavy atom. The Kier molecular flexibility index (Phi) is 4.80. The van der Waals surface area contributed by atoms with Crippen molar-refractivity contribution in [2.75, 3.05) is 0 Å². The number of hydrogen-bond donors (Lipinski definition) is 2. The van der Waals surface area contributed by atoms with Gasteiger partial charge in [-0.3, -0.25) is 4.79 Å². The van der Waals surface area contributed by atoms with E-state index in [2.05, 4.69) is 10.5 Å². The number of primary sulfonamides is 1. The van der Waals surface area contributed by atoms with Gasteiger partial charge in [0.15, 0.2) is 5.58 Å². The number of amides is 1. The third kappa shape index (κ3) is 3.92. The Morgan fingerprint density at radius 1 is 1.19 bits per heavy atom. The van der Waals surface area contributed by atoms with Gasteiger partial charge in [-0.25, -0.2) is 13.6 Å². The van der Waals surface area contributed by atoms with Gasteiger partial charge in [-0.05, 0) is 48.7 Å². The van der Waals surface area contributed by atoms with Crippen molar-refractivity contribution in [1.82, 2.24) is 10.5 Å². The van der Waals surface area contributed by atoms with E-state index in [4.69, 9.17) is 9.66 Å². The van der Waals surface area contributed by atoms with Crippen LogP contribution in [0.3, 0.4) is 0 Å². The first-order valence-electron chi connectivity index (χ1n) is 7.98. The van der Waals surface area contributed by atoms with E-state index in [0.717, 1.165) is 22.1 Å². The van der Waals surface area contributed by atoms with E-state index in [1.54, 1.807) is 12.1 Å². The summed E-state index contributed by atoms with van der Waals surface area (Å²) in [5.41, 5.74) is 4.12. The van der Waals surface area contributed by atoms with Crippen LogP contribution in [-0.2, 0) is 27.8 Å². The third-order valence-corrected chi connectivity index (χ3v) is 4.99. The molecule has 0 bridgehead atoms. The van der Waals surface area contributed by atoms with Crippen molar-refractivity contribution < 1.29 is 17.7 Å². The minimum atomic E-state index is -3.72. The molecule has 0 atom stereocenters. The number of carbonyl (C=O) groups excluding carboxylic acids is 1. The van der Waals surface area contributed by atoms with Crippen molar-refractivity contribution in [3.05, 3.63) is 58.8 Å². The Morgan fingerprint density at radius 3 is 2.54 bits per heavy atom. The van der Waals surface area contributed by atoms with Gasteiger partial charge in [0.1, 0.15) is 5.69 Å². The lowest BCUT2D eigenvalue weighted by atomic mass is 10.0. The van der Waals surface area contributed by atoms with Gasteiger partial charge in [0.25, 0.3) is 0 Å². The van der Waals surface area contributed by atoms with Gasteiger partial charge in [0.2, 0.25) is 15.9 Å². The van der Waals surface area contributed by atoms with Gasteiger partial charge in [-0.15, -0.1) is 0 Å². The standard InChI is InChI=1S/C18H19N3O4S/c1-11-7-12(2)18-15(21-25-16(18)8-11)9-17(22)20-10-13-3-5-14(6-4-13)26(19,23)24/h3-8H,9-10H2,1-2H3,(H,20,22)(H2,19,23,24). The molecule has 2 aromatic carbocycles. The third-order valence-electron chi connectivity index (χ3n) is 4.06. The SMILES string of the molecule is Cc1cc(C)c2c(CC(=O)NCc3ccc(S(N)(=O)=O)cc3)noc2c1. The van der Waals surface area contributed by atoms with Crippen molar-refractivity contribution in [3.8, 4) is 0 Å². The summed E-state index contributed by atoms with van der Waals surface area (Å²) in [6.45, 7) is 4.21. The van der Waals surface area contributed by atoms with E-state index in [9.17, 15) is 13.2 Å². The number of hydrogen-bond acceptors (Lipinski definition) is 5. The van der Waals surface area contributed by atoms with Gasteiger partial charge < -0.3 is 9.84 Å². The molecule has 3 N–H and O–H groups in total. The van der Waals surface area contributed by atoms with Crippen LogP contribution < -0.4 is 10.5 Å². The molecule has 0 aliphatic rings. The van der Waals surface area contributed by atoms with E-state index in [0.29, 0.717) is 11.3 Å². The fourth-order valence-corrected chi connectivity index (χ4v) is 3.37. The van der Waals surface area contributed by atoms with Crippen molar-refractivity contribution in [3.63, 3.8) is 0 Å². The average molecular weight is 373 g/mol. The highest BCUT2D eigenvalue weighted by Crippen LogP contribution is 2.24. The zero-order valence-electron chi connectivity index (χ0n) is 14.4. The van der Waals surface area contributed by atoms with Crippen LogP contribution in [0.25, 0.3) is 11.0 Å². The maximum Gasteiger partial charge on any atom is 0.238 e. The number of nitrogens with one attached hydrogen (secondary N) is 1. The molecule has 7 nitrogen and oxygen atoms in total. The first-order chi connectivity index (χ1) is 12.2. The van der Waals surface area contributed by atoms with Gasteiger partial charge >= 0.3 is 0 Å². The number of aryl methyl sites for hydroxylation is 2. The second kappa shape index (κ2) is 6.89. The van der Waals surface area contributed by atoms with Crippen LogP contribution in [0.2, 0.25) is 0 Å². The summed E-state index contributed by atoms with van der Waals surface area (Å²) < 4.78 is 27.8. The molecule has 1 amide bonds. The molecule has 0 fully saturated rings. The summed E-state index contributed by atoms with van der Waals surface area (Å²) in [5.74, 6) is -0.198. The van der Waals surface area contributed by atoms with Gasteiger partial charge in [0, 0.05) is 11.9 Å². The highest BCUT2D eigenvalue weighted by atomic mass is 32.2. The Bertz CT molecular complexity index is 1070. The number of nitrogens with zero attached hydrogens (tertiary/aromatic N) is 1. The lowest BCUT2D eigenvalue weighted by Gasteiger charge is -2.06. The largest absolute Gasteiger partial charge is 0.356 e. The van der Waals surface area contributed by atoms with Crippen molar-refractivity contribution in [1.29, 1.82) is 0 Å². The summed E-state index contributed by atoms with van der Waals surface area (Å²) in [6.07, 6.45) is 0.103. The summed E-state index contributed by atoms with van der Waals surface area (Å²) in [7, 11) is -3.72. The first kappa shape index (κ1) is 18.1. The van der Waals surface area contributed by atoms with Crippen LogP contribution in [0, 0.1) is 13.8 Å². The Hall–Kier alpha value is -2.71. The highest BCUT2D eigenvalue weighted by molar-refractivity contribution is 7.89. The number of carbonyl (C=O) groups is 1. The quantitative estimate of drug-likeness (QED) is 0.709. The average Bonchev–Trinajstić information content (AvgIpc) is 2.95. The van der Waals surface area contributed by atoms with Crippen LogP contribution >= 0.6 is 0 Å². The molecule has 26 heavy (non-hydrogen) atoms. The number of nitrogens with two attached hydrogens (primary N) is 1. The molecule has 3 rings (SSSR count). The topological polar surface area (TPSA) is 115 Å². The predicted octanol–water partition coefficient (Wildman–Crippen LogP) is 1.95. The molecule has 0 spiro atoms. The minimum absolute atomic E-state index is 0.0346. The van der Waals surface area contributed by atoms with Crippen LogP contribution in [0.15, 0.2) is 45.8 Å². The van der Waals surface area contributed by atoms with Gasteiger partial charge in [-0.1, -0.05) is 23.4 Å². The normalized spacial score (nSPS) is 11.7. The summed E-state index contributed by atoms with van der Waals surface area (Å²) >= 11 is 0.